The molecule has 1 saturated heterocycles. The van der Waals surface area contributed by atoms with Gasteiger partial charge in [0.25, 0.3) is 5.91 Å². The van der Waals surface area contributed by atoms with Crippen LogP contribution in [0, 0.1) is 11.8 Å². The maximum atomic E-state index is 12.8. The van der Waals surface area contributed by atoms with Gasteiger partial charge in [-0.2, -0.15) is 0 Å². The predicted molar refractivity (Wildman–Crippen MR) is 144 cm³/mol. The monoisotopic (exact) mass is 469 g/mol. The Bertz CT molecular complexity index is 1120. The van der Waals surface area contributed by atoms with Crippen molar-refractivity contribution < 1.29 is 4.79 Å². The lowest BCUT2D eigenvalue weighted by Crippen LogP contribution is -2.40. The van der Waals surface area contributed by atoms with Crippen LogP contribution in [0.25, 0.3) is 16.9 Å². The van der Waals surface area contributed by atoms with Gasteiger partial charge in [0.05, 0.1) is 5.69 Å². The summed E-state index contributed by atoms with van der Waals surface area (Å²) in [6.07, 6.45) is 7.10. The molecular formula is C31H39N3O. The molecule has 5 rings (SSSR count). The fraction of sp³-hybridized carbons (Fsp3) is 0.452. The Morgan fingerprint density at radius 2 is 1.66 bits per heavy atom. The van der Waals surface area contributed by atoms with Gasteiger partial charge in [0.2, 0.25) is 0 Å². The first-order valence-electron chi connectivity index (χ1n) is 13.5. The number of nitrogens with one attached hydrogen (secondary N) is 1. The van der Waals surface area contributed by atoms with Crippen LogP contribution in [0.15, 0.2) is 60.7 Å². The molecule has 1 amide bonds. The highest BCUT2D eigenvalue weighted by atomic mass is 16.1. The molecule has 2 heterocycles. The van der Waals surface area contributed by atoms with Crippen LogP contribution < -0.4 is 5.32 Å². The van der Waals surface area contributed by atoms with E-state index in [4.69, 9.17) is 0 Å². The second-order valence-corrected chi connectivity index (χ2v) is 10.8. The van der Waals surface area contributed by atoms with Crippen molar-refractivity contribution in [2.24, 2.45) is 11.8 Å². The van der Waals surface area contributed by atoms with Crippen LogP contribution in [0.5, 0.6) is 0 Å². The molecule has 4 nitrogen and oxygen atoms in total. The number of aromatic nitrogens is 1. The molecule has 0 spiro atoms. The third kappa shape index (κ3) is 5.54. The Morgan fingerprint density at radius 1 is 0.943 bits per heavy atom. The lowest BCUT2D eigenvalue weighted by atomic mass is 9.92. The Balaban J connectivity index is 1.25. The molecule has 1 aliphatic heterocycles. The maximum Gasteiger partial charge on any atom is 0.251 e. The van der Waals surface area contributed by atoms with E-state index >= 15 is 0 Å². The molecule has 0 radical (unpaired) electrons. The zero-order chi connectivity index (χ0) is 24.2. The van der Waals surface area contributed by atoms with Gasteiger partial charge in [0.1, 0.15) is 0 Å². The van der Waals surface area contributed by atoms with Crippen molar-refractivity contribution >= 4 is 5.91 Å². The van der Waals surface area contributed by atoms with Gasteiger partial charge >= 0.3 is 0 Å². The van der Waals surface area contributed by atoms with Crippen molar-refractivity contribution in [3.63, 3.8) is 0 Å². The highest BCUT2D eigenvalue weighted by Crippen LogP contribution is 2.34. The summed E-state index contributed by atoms with van der Waals surface area (Å²) in [4.78, 5) is 15.3. The fourth-order valence-electron chi connectivity index (χ4n) is 6.16. The second-order valence-electron chi connectivity index (χ2n) is 10.8. The van der Waals surface area contributed by atoms with Crippen LogP contribution in [-0.4, -0.2) is 41.6 Å². The van der Waals surface area contributed by atoms with E-state index in [1.807, 2.05) is 12.1 Å². The number of benzene rings is 2. The van der Waals surface area contributed by atoms with E-state index in [1.54, 1.807) is 0 Å². The number of fused-ring (bicyclic) bond motifs is 1. The molecule has 1 N–H and O–H groups in total. The molecule has 3 aromatic rings. The molecule has 2 atom stereocenters. The highest BCUT2D eigenvalue weighted by molar-refractivity contribution is 5.94. The highest BCUT2D eigenvalue weighted by Gasteiger charge is 2.22. The van der Waals surface area contributed by atoms with Crippen LogP contribution in [0.1, 0.15) is 61.1 Å². The van der Waals surface area contributed by atoms with Crippen molar-refractivity contribution in [2.75, 3.05) is 26.2 Å². The van der Waals surface area contributed by atoms with Crippen molar-refractivity contribution in [2.45, 2.75) is 52.4 Å². The number of nitrogens with zero attached hydrogens (tertiary/aromatic N) is 2. The summed E-state index contributed by atoms with van der Waals surface area (Å²) in [5, 5.41) is 3.13. The molecule has 0 unspecified atom stereocenters. The Labute approximate surface area is 210 Å². The Hall–Kier alpha value is -2.85. The number of hydrogen-bond acceptors (Lipinski definition) is 2. The van der Waals surface area contributed by atoms with Gasteiger partial charge in [-0.3, -0.25) is 4.79 Å². The minimum absolute atomic E-state index is 0.0229. The molecular weight excluding hydrogens is 430 g/mol. The van der Waals surface area contributed by atoms with Gasteiger partial charge < -0.3 is 14.8 Å². The molecule has 2 aromatic carbocycles. The van der Waals surface area contributed by atoms with Crippen molar-refractivity contribution in [3.8, 4) is 16.9 Å². The number of aryl methyl sites for hydroxylation is 1. The van der Waals surface area contributed by atoms with E-state index in [2.05, 4.69) is 77.2 Å². The third-order valence-electron chi connectivity index (χ3n) is 7.64. The zero-order valence-corrected chi connectivity index (χ0v) is 21.3. The second kappa shape index (κ2) is 10.8. The summed E-state index contributed by atoms with van der Waals surface area (Å²) < 4.78 is 2.41. The minimum atomic E-state index is 0.0229. The predicted octanol–water partition coefficient (Wildman–Crippen LogP) is 6.12. The standard InChI is InChI=1S/C31H39N3O/c1-23-19-24(2)22-33(21-23)18-8-17-32-31(35)26-13-15-28(16-14-26)34-29-12-7-6-11-27(29)20-30(34)25-9-4-3-5-10-25/h3-5,9-10,13-16,20,23-24H,6-8,11-12,17-19,21-22H2,1-2H3,(H,32,35)/t23-,24-/m0/s1. The number of hydrogen-bond donors (Lipinski definition) is 1. The van der Waals surface area contributed by atoms with E-state index < -0.39 is 0 Å². The summed E-state index contributed by atoms with van der Waals surface area (Å²) in [6.45, 7) is 8.86. The first kappa shape index (κ1) is 23.9. The van der Waals surface area contributed by atoms with Gasteiger partial charge in [-0.05, 0) is 98.4 Å². The molecule has 1 fully saturated rings. The summed E-state index contributed by atoms with van der Waals surface area (Å²) >= 11 is 0. The molecule has 35 heavy (non-hydrogen) atoms. The number of likely N-dealkylation sites (tertiary alicyclic amines) is 1. The average molecular weight is 470 g/mol. The number of carbonyl (C=O) groups excluding carboxylic acids is 1. The molecule has 4 heteroatoms. The van der Waals surface area contributed by atoms with Crippen LogP contribution in [0.2, 0.25) is 0 Å². The molecule has 2 aliphatic rings. The maximum absolute atomic E-state index is 12.8. The molecule has 1 aromatic heterocycles. The number of amides is 1. The Morgan fingerprint density at radius 3 is 2.40 bits per heavy atom. The average Bonchev–Trinajstić information content (AvgIpc) is 3.26. The van der Waals surface area contributed by atoms with E-state index in [-0.39, 0.29) is 5.91 Å². The third-order valence-corrected chi connectivity index (χ3v) is 7.64. The van der Waals surface area contributed by atoms with Gasteiger partial charge in [0.15, 0.2) is 0 Å². The number of carbonyl (C=O) groups is 1. The normalized spacial score (nSPS) is 20.4. The van der Waals surface area contributed by atoms with E-state index in [0.717, 1.165) is 55.4 Å². The van der Waals surface area contributed by atoms with E-state index in [0.29, 0.717) is 0 Å². The summed E-state index contributed by atoms with van der Waals surface area (Å²) in [6, 6.07) is 21.2. The van der Waals surface area contributed by atoms with Crippen LogP contribution in [0.3, 0.4) is 0 Å². The van der Waals surface area contributed by atoms with Crippen LogP contribution >= 0.6 is 0 Å². The lowest BCUT2D eigenvalue weighted by Gasteiger charge is -2.34. The molecule has 1 aliphatic carbocycles. The molecule has 184 valence electrons. The van der Waals surface area contributed by atoms with Gasteiger partial charge in [-0.1, -0.05) is 44.2 Å². The smallest absolute Gasteiger partial charge is 0.251 e. The van der Waals surface area contributed by atoms with Crippen molar-refractivity contribution in [1.82, 2.24) is 14.8 Å². The van der Waals surface area contributed by atoms with Crippen molar-refractivity contribution in [1.29, 1.82) is 0 Å². The minimum Gasteiger partial charge on any atom is -0.352 e. The number of rotatable bonds is 7. The van der Waals surface area contributed by atoms with E-state index in [1.165, 1.54) is 54.9 Å². The first-order chi connectivity index (χ1) is 17.1. The largest absolute Gasteiger partial charge is 0.352 e. The number of piperidine rings is 1. The molecule has 0 saturated carbocycles. The summed E-state index contributed by atoms with van der Waals surface area (Å²) in [5.74, 6) is 1.58. The summed E-state index contributed by atoms with van der Waals surface area (Å²) in [5.41, 5.74) is 7.24. The SMILES string of the molecule is C[C@H]1C[C@H](C)CN(CCCNC(=O)c2ccc(-n3c(-c4ccccc4)cc4c3CCCC4)cc2)C1. The van der Waals surface area contributed by atoms with E-state index in [9.17, 15) is 4.79 Å². The lowest BCUT2D eigenvalue weighted by molar-refractivity contribution is 0.0947. The topological polar surface area (TPSA) is 37.3 Å². The van der Waals surface area contributed by atoms with Crippen molar-refractivity contribution in [3.05, 3.63) is 77.5 Å². The quantitative estimate of drug-likeness (QED) is 0.423. The van der Waals surface area contributed by atoms with Gasteiger partial charge in [-0.15, -0.1) is 0 Å². The van der Waals surface area contributed by atoms with Crippen LogP contribution in [-0.2, 0) is 12.8 Å². The Kier molecular flexibility index (Phi) is 7.38. The fourth-order valence-corrected chi connectivity index (χ4v) is 6.16. The zero-order valence-electron chi connectivity index (χ0n) is 21.3. The van der Waals surface area contributed by atoms with Gasteiger partial charge in [0, 0.05) is 36.6 Å². The summed E-state index contributed by atoms with van der Waals surface area (Å²) in [7, 11) is 0. The van der Waals surface area contributed by atoms with Gasteiger partial charge in [-0.25, -0.2) is 0 Å². The molecule has 0 bridgehead atoms. The first-order valence-corrected chi connectivity index (χ1v) is 13.5. The van der Waals surface area contributed by atoms with Crippen LogP contribution in [0.4, 0.5) is 0 Å².